The Bertz CT molecular complexity index is 1550. The van der Waals surface area contributed by atoms with Crippen molar-refractivity contribution in [2.45, 2.75) is 12.2 Å². The molecule has 2 aromatic carbocycles. The Kier molecular flexibility index (Phi) is 6.96. The Labute approximate surface area is 219 Å². The number of halogens is 3. The van der Waals surface area contributed by atoms with Gasteiger partial charge in [0, 0.05) is 35.7 Å². The van der Waals surface area contributed by atoms with Gasteiger partial charge in [0.1, 0.15) is 18.2 Å². The molecule has 0 radical (unpaired) electrons. The summed E-state index contributed by atoms with van der Waals surface area (Å²) in [5.41, 5.74) is 5.29. The largest absolute Gasteiger partial charge is 0.490 e. The van der Waals surface area contributed by atoms with E-state index in [0.29, 0.717) is 11.8 Å². The predicted octanol–water partition coefficient (Wildman–Crippen LogP) is 6.65. The molecule has 5 aromatic rings. The molecule has 0 bridgehead atoms. The number of aliphatic imine (C=N–C) groups is 1. The third kappa shape index (κ3) is 5.42. The molecule has 0 spiro atoms. The second-order valence-electron chi connectivity index (χ2n) is 8.24. The lowest BCUT2D eigenvalue weighted by Gasteiger charge is -2.19. The van der Waals surface area contributed by atoms with Crippen LogP contribution in [0.2, 0.25) is 0 Å². The number of carboxylic acids is 1. The van der Waals surface area contributed by atoms with E-state index in [1.807, 2.05) is 59.8 Å². The van der Waals surface area contributed by atoms with Crippen molar-refractivity contribution in [2.75, 3.05) is 4.90 Å². The lowest BCUT2D eigenvalue weighted by molar-refractivity contribution is -0.192. The standard InChI is InChI=1S/C26H18N4O2.C2HF3O2/c1-2-9-22-21(8-1)25(19-7-3-6-18(14-19)20-15-27-17-28-16-20)29-26(22)30(23-10-4-12-31-23)24-11-5-13-32-24;3-2(4,5)1(6)7/h1-17,25H;(H,6,7). The third-order valence-electron chi connectivity index (χ3n) is 5.75. The van der Waals surface area contributed by atoms with Gasteiger partial charge >= 0.3 is 12.1 Å². The first-order valence-corrected chi connectivity index (χ1v) is 11.5. The fourth-order valence-electron chi connectivity index (χ4n) is 4.08. The van der Waals surface area contributed by atoms with Gasteiger partial charge in [-0.25, -0.2) is 19.7 Å². The minimum Gasteiger partial charge on any atom is -0.475 e. The highest BCUT2D eigenvalue weighted by atomic mass is 19.4. The van der Waals surface area contributed by atoms with Gasteiger partial charge in [-0.1, -0.05) is 42.5 Å². The van der Waals surface area contributed by atoms with Crippen molar-refractivity contribution in [2.24, 2.45) is 4.99 Å². The van der Waals surface area contributed by atoms with E-state index in [4.69, 9.17) is 23.7 Å². The molecule has 0 fully saturated rings. The topological polar surface area (TPSA) is 105 Å². The lowest BCUT2D eigenvalue weighted by Crippen LogP contribution is -2.24. The number of anilines is 2. The maximum absolute atomic E-state index is 10.6. The lowest BCUT2D eigenvalue weighted by atomic mass is 9.95. The molecule has 0 saturated heterocycles. The number of nitrogens with zero attached hydrogens (tertiary/aromatic N) is 4. The number of aliphatic carboxylic acids is 1. The normalized spacial score (nSPS) is 14.1. The van der Waals surface area contributed by atoms with Crippen LogP contribution < -0.4 is 4.90 Å². The summed E-state index contributed by atoms with van der Waals surface area (Å²) in [5.74, 6) is -0.690. The van der Waals surface area contributed by atoms with E-state index in [2.05, 4.69) is 40.3 Å². The molecule has 1 unspecified atom stereocenters. The van der Waals surface area contributed by atoms with Crippen LogP contribution in [0.4, 0.5) is 24.9 Å². The summed E-state index contributed by atoms with van der Waals surface area (Å²) in [5, 5.41) is 7.12. The molecule has 1 N–H and O–H groups in total. The van der Waals surface area contributed by atoms with E-state index in [1.54, 1.807) is 12.5 Å². The summed E-state index contributed by atoms with van der Waals surface area (Å²) in [7, 11) is 0. The molecular weight excluding hydrogens is 513 g/mol. The molecule has 1 aliphatic rings. The van der Waals surface area contributed by atoms with E-state index in [0.717, 1.165) is 33.7 Å². The molecular formula is C28H19F3N4O4. The van der Waals surface area contributed by atoms with E-state index in [-0.39, 0.29) is 6.04 Å². The minimum absolute atomic E-state index is 0.154. The SMILES string of the molecule is O=C(O)C(F)(F)F.c1cc(-c2cncnc2)cc(C2N=C(N(c3ccco3)c3ccco3)c3ccccc32)c1. The van der Waals surface area contributed by atoms with Crippen molar-refractivity contribution in [3.05, 3.63) is 121 Å². The highest BCUT2D eigenvalue weighted by Crippen LogP contribution is 2.40. The summed E-state index contributed by atoms with van der Waals surface area (Å²) >= 11 is 0. The molecule has 8 nitrogen and oxygen atoms in total. The van der Waals surface area contributed by atoms with Crippen molar-refractivity contribution < 1.29 is 31.9 Å². The Morgan fingerprint density at radius 3 is 2.08 bits per heavy atom. The number of benzene rings is 2. The molecule has 1 atom stereocenters. The smallest absolute Gasteiger partial charge is 0.475 e. The van der Waals surface area contributed by atoms with Crippen molar-refractivity contribution in [1.82, 2.24) is 9.97 Å². The summed E-state index contributed by atoms with van der Waals surface area (Å²) in [4.78, 5) is 24.3. The van der Waals surface area contributed by atoms with Gasteiger partial charge in [-0.3, -0.25) is 4.99 Å². The van der Waals surface area contributed by atoms with Crippen molar-refractivity contribution in [3.8, 4) is 11.1 Å². The van der Waals surface area contributed by atoms with Crippen LogP contribution in [0.5, 0.6) is 0 Å². The van der Waals surface area contributed by atoms with Gasteiger partial charge in [0.15, 0.2) is 0 Å². The van der Waals surface area contributed by atoms with Crippen molar-refractivity contribution in [3.63, 3.8) is 0 Å². The zero-order valence-corrected chi connectivity index (χ0v) is 20.0. The molecule has 0 amide bonds. The average Bonchev–Trinajstić information content (AvgIpc) is 3.73. The van der Waals surface area contributed by atoms with Crippen LogP contribution in [0, 0.1) is 0 Å². The number of alkyl halides is 3. The first kappa shape index (κ1) is 25.5. The van der Waals surface area contributed by atoms with Gasteiger partial charge in [0.25, 0.3) is 0 Å². The Balaban J connectivity index is 0.000000392. The van der Waals surface area contributed by atoms with E-state index < -0.39 is 12.1 Å². The third-order valence-corrected chi connectivity index (χ3v) is 5.75. The van der Waals surface area contributed by atoms with Crippen LogP contribution in [-0.2, 0) is 4.79 Å². The molecule has 0 aliphatic carbocycles. The fraction of sp³-hybridized carbons (Fsp3) is 0.0714. The van der Waals surface area contributed by atoms with Crippen LogP contribution in [0.15, 0.2) is 118 Å². The van der Waals surface area contributed by atoms with Gasteiger partial charge in [-0.15, -0.1) is 0 Å². The Morgan fingerprint density at radius 2 is 1.49 bits per heavy atom. The van der Waals surface area contributed by atoms with E-state index >= 15 is 0 Å². The monoisotopic (exact) mass is 532 g/mol. The first-order valence-electron chi connectivity index (χ1n) is 11.5. The minimum atomic E-state index is -5.08. The number of carbonyl (C=O) groups is 1. The first-order chi connectivity index (χ1) is 18.8. The molecule has 39 heavy (non-hydrogen) atoms. The molecule has 1 aliphatic heterocycles. The van der Waals surface area contributed by atoms with Crippen LogP contribution >= 0.6 is 0 Å². The Morgan fingerprint density at radius 1 is 0.846 bits per heavy atom. The molecule has 0 saturated carbocycles. The molecule has 4 heterocycles. The van der Waals surface area contributed by atoms with Crippen molar-refractivity contribution >= 4 is 23.6 Å². The second-order valence-corrected chi connectivity index (χ2v) is 8.24. The number of hydrogen-bond acceptors (Lipinski definition) is 7. The number of amidine groups is 1. The van der Waals surface area contributed by atoms with Gasteiger partial charge < -0.3 is 13.9 Å². The highest BCUT2D eigenvalue weighted by molar-refractivity contribution is 6.15. The average molecular weight is 532 g/mol. The van der Waals surface area contributed by atoms with E-state index in [9.17, 15) is 13.2 Å². The Hall–Kier alpha value is -5.19. The van der Waals surface area contributed by atoms with Gasteiger partial charge in [0.2, 0.25) is 11.8 Å². The van der Waals surface area contributed by atoms with Gasteiger partial charge in [-0.2, -0.15) is 13.2 Å². The number of furan rings is 2. The summed E-state index contributed by atoms with van der Waals surface area (Å²) in [6.45, 7) is 0. The van der Waals surface area contributed by atoms with E-state index in [1.165, 1.54) is 6.33 Å². The van der Waals surface area contributed by atoms with Crippen LogP contribution in [0.25, 0.3) is 11.1 Å². The molecule has 6 rings (SSSR count). The number of aromatic nitrogens is 2. The summed E-state index contributed by atoms with van der Waals surface area (Å²) < 4.78 is 43.2. The number of fused-ring (bicyclic) bond motifs is 1. The number of carboxylic acid groups (broad SMARTS) is 1. The molecule has 196 valence electrons. The highest BCUT2D eigenvalue weighted by Gasteiger charge is 2.38. The van der Waals surface area contributed by atoms with Gasteiger partial charge in [-0.05, 0) is 34.9 Å². The number of rotatable bonds is 4. The van der Waals surface area contributed by atoms with Crippen LogP contribution in [0.1, 0.15) is 22.7 Å². The second kappa shape index (κ2) is 10.7. The quantitative estimate of drug-likeness (QED) is 0.276. The zero-order valence-electron chi connectivity index (χ0n) is 20.0. The fourth-order valence-corrected chi connectivity index (χ4v) is 4.08. The predicted molar refractivity (Wildman–Crippen MR) is 136 cm³/mol. The van der Waals surface area contributed by atoms with Crippen LogP contribution in [0.3, 0.4) is 0 Å². The van der Waals surface area contributed by atoms with Gasteiger partial charge in [0.05, 0.1) is 12.5 Å². The summed E-state index contributed by atoms with van der Waals surface area (Å²) in [6.07, 6.45) is 3.39. The van der Waals surface area contributed by atoms with Crippen molar-refractivity contribution in [1.29, 1.82) is 0 Å². The molecule has 3 aromatic heterocycles. The van der Waals surface area contributed by atoms with Crippen LogP contribution in [-0.4, -0.2) is 33.1 Å². The molecule has 11 heteroatoms. The zero-order chi connectivity index (χ0) is 27.4. The number of hydrogen-bond donors (Lipinski definition) is 1. The maximum Gasteiger partial charge on any atom is 0.490 e. The maximum atomic E-state index is 10.6. The summed E-state index contributed by atoms with van der Waals surface area (Å²) in [6, 6.07) is 24.0.